The number of aromatic nitrogens is 2. The maximum absolute atomic E-state index is 4.63. The second-order valence-corrected chi connectivity index (χ2v) is 5.66. The first-order valence-electron chi connectivity index (χ1n) is 8.10. The summed E-state index contributed by atoms with van der Waals surface area (Å²) in [5.41, 5.74) is 2.82. The Morgan fingerprint density at radius 2 is 1.85 bits per heavy atom. The van der Waals surface area contributed by atoms with Crippen LogP contribution in [0.4, 0.5) is 0 Å². The molecule has 2 heterocycles. The highest BCUT2D eigenvalue weighted by atomic mass is 15.3. The highest BCUT2D eigenvalue weighted by Gasteiger charge is 2.24. The molecule has 1 N–H and O–H groups in total. The molecule has 0 atom stereocenters. The maximum Gasteiger partial charge on any atom is 0.0685 e. The van der Waals surface area contributed by atoms with Crippen molar-refractivity contribution in [1.29, 1.82) is 0 Å². The Morgan fingerprint density at radius 3 is 2.55 bits per heavy atom. The van der Waals surface area contributed by atoms with E-state index in [9.17, 15) is 0 Å². The van der Waals surface area contributed by atoms with E-state index < -0.39 is 0 Å². The lowest BCUT2D eigenvalue weighted by Gasteiger charge is -2.23. The lowest BCUT2D eigenvalue weighted by molar-refractivity contribution is 0.351. The van der Waals surface area contributed by atoms with Crippen molar-refractivity contribution >= 4 is 10.9 Å². The number of nitrogens with zero attached hydrogens (tertiary/aromatic N) is 2. The van der Waals surface area contributed by atoms with E-state index in [1.165, 1.54) is 42.1 Å². The van der Waals surface area contributed by atoms with Gasteiger partial charge in [0.05, 0.1) is 17.8 Å². The van der Waals surface area contributed by atoms with Gasteiger partial charge in [0.15, 0.2) is 0 Å². The van der Waals surface area contributed by atoms with Crippen molar-refractivity contribution in [3.63, 3.8) is 0 Å². The van der Waals surface area contributed by atoms with Gasteiger partial charge >= 0.3 is 0 Å². The normalized spacial score (nSPS) is 19.7. The third-order valence-electron chi connectivity index (χ3n) is 4.32. The first-order chi connectivity index (χ1) is 9.92. The second-order valence-electron chi connectivity index (χ2n) is 5.66. The first-order valence-corrected chi connectivity index (χ1v) is 8.10. The molecule has 1 aliphatic carbocycles. The summed E-state index contributed by atoms with van der Waals surface area (Å²) in [5.74, 6) is 0.830. The molecule has 1 aromatic carbocycles. The van der Waals surface area contributed by atoms with Gasteiger partial charge in [-0.15, -0.1) is 0 Å². The van der Waals surface area contributed by atoms with Crippen LogP contribution in [0.25, 0.3) is 10.9 Å². The molecule has 0 bridgehead atoms. The van der Waals surface area contributed by atoms with E-state index in [2.05, 4.69) is 33.3 Å². The van der Waals surface area contributed by atoms with E-state index in [4.69, 9.17) is 0 Å². The van der Waals surface area contributed by atoms with Crippen molar-refractivity contribution in [2.75, 3.05) is 13.1 Å². The monoisotopic (exact) mass is 271 g/mol. The van der Waals surface area contributed by atoms with Gasteiger partial charge in [-0.2, -0.15) is 5.10 Å². The fourth-order valence-electron chi connectivity index (χ4n) is 3.08. The highest BCUT2D eigenvalue weighted by Crippen LogP contribution is 2.41. The van der Waals surface area contributed by atoms with Crippen molar-refractivity contribution < 1.29 is 0 Å². The minimum atomic E-state index is 0.579. The summed E-state index contributed by atoms with van der Waals surface area (Å²) >= 11 is 0. The molecule has 2 aromatic rings. The molecule has 2 fully saturated rings. The molecule has 108 valence electrons. The predicted molar refractivity (Wildman–Crippen MR) is 84.2 cm³/mol. The molecule has 0 radical (unpaired) electrons. The number of rotatable bonds is 2. The molecule has 4 rings (SSSR count). The van der Waals surface area contributed by atoms with E-state index in [1.54, 1.807) is 0 Å². The lowest BCUT2D eigenvalue weighted by atomic mass is 10.1. The van der Waals surface area contributed by atoms with E-state index in [1.807, 2.05) is 20.0 Å². The zero-order valence-electron chi connectivity index (χ0n) is 12.6. The number of nitrogens with one attached hydrogen (secondary N) is 1. The fourth-order valence-corrected chi connectivity index (χ4v) is 3.08. The van der Waals surface area contributed by atoms with Crippen LogP contribution in [0, 0.1) is 0 Å². The summed E-state index contributed by atoms with van der Waals surface area (Å²) in [4.78, 5) is 0. The topological polar surface area (TPSA) is 29.9 Å². The minimum absolute atomic E-state index is 0.579. The molecule has 0 spiro atoms. The van der Waals surface area contributed by atoms with Gasteiger partial charge in [-0.3, -0.25) is 4.68 Å². The van der Waals surface area contributed by atoms with Gasteiger partial charge in [-0.1, -0.05) is 19.9 Å². The van der Waals surface area contributed by atoms with Crippen molar-refractivity contribution in [3.8, 4) is 0 Å². The summed E-state index contributed by atoms with van der Waals surface area (Å²) in [7, 11) is 0. The van der Waals surface area contributed by atoms with Crippen LogP contribution >= 0.6 is 0 Å². The molecule has 3 nitrogen and oxygen atoms in total. The van der Waals surface area contributed by atoms with Crippen LogP contribution in [0.15, 0.2) is 24.4 Å². The third-order valence-corrected chi connectivity index (χ3v) is 4.32. The van der Waals surface area contributed by atoms with Crippen LogP contribution in [-0.4, -0.2) is 22.9 Å². The average Bonchev–Trinajstić information content (AvgIpc) is 3.29. The van der Waals surface area contributed by atoms with Crippen molar-refractivity contribution in [3.05, 3.63) is 30.0 Å². The van der Waals surface area contributed by atoms with Gasteiger partial charge in [-0.05, 0) is 62.4 Å². The van der Waals surface area contributed by atoms with Crippen LogP contribution in [0.3, 0.4) is 0 Å². The molecule has 1 saturated carbocycles. The molecule has 0 unspecified atom stereocenters. The van der Waals surface area contributed by atoms with Crippen molar-refractivity contribution in [1.82, 2.24) is 15.1 Å². The second kappa shape index (κ2) is 5.96. The van der Waals surface area contributed by atoms with Gasteiger partial charge in [0.1, 0.15) is 0 Å². The van der Waals surface area contributed by atoms with Crippen LogP contribution in [0.2, 0.25) is 0 Å². The number of piperidine rings is 1. The largest absolute Gasteiger partial charge is 0.317 e. The third kappa shape index (κ3) is 2.59. The minimum Gasteiger partial charge on any atom is -0.317 e. The Bertz CT molecular complexity index is 563. The van der Waals surface area contributed by atoms with Crippen LogP contribution < -0.4 is 5.32 Å². The smallest absolute Gasteiger partial charge is 0.0685 e. The van der Waals surface area contributed by atoms with Gasteiger partial charge in [0.25, 0.3) is 0 Å². The average molecular weight is 271 g/mol. The van der Waals surface area contributed by atoms with Crippen molar-refractivity contribution in [2.45, 2.75) is 51.5 Å². The molecular weight excluding hydrogens is 246 g/mol. The molecule has 2 aliphatic rings. The molecule has 20 heavy (non-hydrogen) atoms. The number of fused-ring (bicyclic) bond motifs is 1. The SMILES string of the molecule is CC.c1cc2c(cnn2C2CCNCC2)cc1C1CC1. The number of benzene rings is 1. The molecule has 1 saturated heterocycles. The number of hydrogen-bond acceptors (Lipinski definition) is 2. The van der Waals surface area contributed by atoms with Crippen LogP contribution in [0.5, 0.6) is 0 Å². The summed E-state index contributed by atoms with van der Waals surface area (Å²) in [6, 6.07) is 7.50. The summed E-state index contributed by atoms with van der Waals surface area (Å²) in [5, 5.41) is 9.36. The maximum atomic E-state index is 4.63. The van der Waals surface area contributed by atoms with Crippen LogP contribution in [0.1, 0.15) is 57.1 Å². The van der Waals surface area contributed by atoms with Gasteiger partial charge in [0.2, 0.25) is 0 Å². The number of hydrogen-bond donors (Lipinski definition) is 1. The first kappa shape index (κ1) is 13.6. The van der Waals surface area contributed by atoms with Gasteiger partial charge in [0, 0.05) is 5.39 Å². The molecule has 1 aliphatic heterocycles. The zero-order chi connectivity index (χ0) is 13.9. The summed E-state index contributed by atoms with van der Waals surface area (Å²) in [6.07, 6.45) is 7.17. The predicted octanol–water partition coefficient (Wildman–Crippen LogP) is 3.86. The standard InChI is InChI=1S/C15H19N3.C2H6/c1-2-11(1)12-3-4-15-13(9-12)10-17-18(15)14-5-7-16-8-6-14;1-2/h3-4,9-11,14,16H,1-2,5-8H2;1-2H3. The molecule has 3 heteroatoms. The Balaban J connectivity index is 0.000000581. The lowest BCUT2D eigenvalue weighted by Crippen LogP contribution is -2.29. The van der Waals surface area contributed by atoms with Gasteiger partial charge < -0.3 is 5.32 Å². The zero-order valence-corrected chi connectivity index (χ0v) is 12.6. The van der Waals surface area contributed by atoms with E-state index >= 15 is 0 Å². The van der Waals surface area contributed by atoms with E-state index in [0.29, 0.717) is 6.04 Å². The summed E-state index contributed by atoms with van der Waals surface area (Å²) < 4.78 is 2.24. The van der Waals surface area contributed by atoms with Crippen molar-refractivity contribution in [2.24, 2.45) is 0 Å². The molecule has 1 aromatic heterocycles. The Kier molecular flexibility index (Phi) is 4.06. The molecule has 0 amide bonds. The molecular formula is C17H25N3. The van der Waals surface area contributed by atoms with Crippen LogP contribution in [-0.2, 0) is 0 Å². The Morgan fingerprint density at radius 1 is 1.10 bits per heavy atom. The summed E-state index contributed by atoms with van der Waals surface area (Å²) in [6.45, 7) is 6.23. The quantitative estimate of drug-likeness (QED) is 0.898. The van der Waals surface area contributed by atoms with Gasteiger partial charge in [-0.25, -0.2) is 0 Å². The Hall–Kier alpha value is -1.35. The Labute approximate surface area is 121 Å². The fraction of sp³-hybridized carbons (Fsp3) is 0.588. The highest BCUT2D eigenvalue weighted by molar-refractivity contribution is 5.79. The van der Waals surface area contributed by atoms with E-state index in [0.717, 1.165) is 19.0 Å². The van der Waals surface area contributed by atoms with E-state index in [-0.39, 0.29) is 0 Å².